The minimum Gasteiger partial charge on any atom is -0.489 e. The molecule has 0 radical (unpaired) electrons. The van der Waals surface area contributed by atoms with Gasteiger partial charge in [0.25, 0.3) is 0 Å². The molecule has 0 bridgehead atoms. The van der Waals surface area contributed by atoms with Gasteiger partial charge < -0.3 is 10.1 Å². The standard InChI is InChI=1S/C15H23NO/c1-11-8-9-14(12(2)10-11)17-15-7-5-4-6-13(15)16-3/h8-10,13,15-16H,4-7H2,1-3H3. The molecule has 1 aliphatic rings. The number of nitrogens with one attached hydrogen (secondary N) is 1. The van der Waals surface area contributed by atoms with Crippen LogP contribution in [-0.2, 0) is 0 Å². The predicted molar refractivity (Wildman–Crippen MR) is 71.6 cm³/mol. The zero-order chi connectivity index (χ0) is 12.3. The Morgan fingerprint density at radius 1 is 1.18 bits per heavy atom. The van der Waals surface area contributed by atoms with Crippen LogP contribution >= 0.6 is 0 Å². The summed E-state index contributed by atoms with van der Waals surface area (Å²) >= 11 is 0. The highest BCUT2D eigenvalue weighted by molar-refractivity contribution is 5.35. The quantitative estimate of drug-likeness (QED) is 0.865. The lowest BCUT2D eigenvalue weighted by atomic mass is 9.92. The first-order valence-corrected chi connectivity index (χ1v) is 6.62. The second-order valence-electron chi connectivity index (χ2n) is 5.10. The van der Waals surface area contributed by atoms with Crippen molar-refractivity contribution in [2.45, 2.75) is 51.7 Å². The molecule has 1 aromatic carbocycles. The van der Waals surface area contributed by atoms with E-state index in [0.29, 0.717) is 12.1 Å². The molecule has 1 aromatic rings. The molecule has 94 valence electrons. The van der Waals surface area contributed by atoms with Gasteiger partial charge in [-0.25, -0.2) is 0 Å². The molecule has 0 spiro atoms. The molecule has 0 amide bonds. The molecule has 0 heterocycles. The predicted octanol–water partition coefficient (Wildman–Crippen LogP) is 3.21. The molecular weight excluding hydrogens is 210 g/mol. The first kappa shape index (κ1) is 12.4. The van der Waals surface area contributed by atoms with Gasteiger partial charge in [0.2, 0.25) is 0 Å². The van der Waals surface area contributed by atoms with Gasteiger partial charge in [0.1, 0.15) is 11.9 Å². The highest BCUT2D eigenvalue weighted by Crippen LogP contribution is 2.26. The lowest BCUT2D eigenvalue weighted by Crippen LogP contribution is -2.43. The highest BCUT2D eigenvalue weighted by Gasteiger charge is 2.25. The Labute approximate surface area is 104 Å². The normalized spacial score (nSPS) is 24.6. The summed E-state index contributed by atoms with van der Waals surface area (Å²) in [5.41, 5.74) is 2.54. The molecule has 17 heavy (non-hydrogen) atoms. The van der Waals surface area contributed by atoms with Crippen LogP contribution in [0.3, 0.4) is 0 Å². The zero-order valence-electron chi connectivity index (χ0n) is 11.1. The summed E-state index contributed by atoms with van der Waals surface area (Å²) in [6.45, 7) is 4.24. The Bertz CT molecular complexity index is 375. The lowest BCUT2D eigenvalue weighted by Gasteiger charge is -2.32. The maximum atomic E-state index is 6.18. The van der Waals surface area contributed by atoms with Gasteiger partial charge >= 0.3 is 0 Å². The highest BCUT2D eigenvalue weighted by atomic mass is 16.5. The van der Waals surface area contributed by atoms with E-state index >= 15 is 0 Å². The van der Waals surface area contributed by atoms with Gasteiger partial charge in [-0.05, 0) is 51.8 Å². The number of aryl methyl sites for hydroxylation is 2. The first-order chi connectivity index (χ1) is 8.20. The second-order valence-corrected chi connectivity index (χ2v) is 5.10. The summed E-state index contributed by atoms with van der Waals surface area (Å²) in [7, 11) is 2.04. The molecule has 2 nitrogen and oxygen atoms in total. The molecule has 1 aliphatic carbocycles. The monoisotopic (exact) mass is 233 g/mol. The molecule has 1 fully saturated rings. The zero-order valence-corrected chi connectivity index (χ0v) is 11.1. The SMILES string of the molecule is CNC1CCCCC1Oc1ccc(C)cc1C. The van der Waals surface area contributed by atoms with E-state index in [1.54, 1.807) is 0 Å². The maximum absolute atomic E-state index is 6.18. The summed E-state index contributed by atoms with van der Waals surface area (Å²) in [6.07, 6.45) is 5.33. The topological polar surface area (TPSA) is 21.3 Å². The molecule has 0 aromatic heterocycles. The third-order valence-corrected chi connectivity index (χ3v) is 3.68. The molecule has 1 N–H and O–H groups in total. The fraction of sp³-hybridized carbons (Fsp3) is 0.600. The average molecular weight is 233 g/mol. The Morgan fingerprint density at radius 2 is 1.94 bits per heavy atom. The summed E-state index contributed by atoms with van der Waals surface area (Å²) in [6, 6.07) is 6.92. The number of hydrogen-bond acceptors (Lipinski definition) is 2. The van der Waals surface area contributed by atoms with Crippen LogP contribution in [0.4, 0.5) is 0 Å². The summed E-state index contributed by atoms with van der Waals surface area (Å²) in [5, 5.41) is 3.38. The molecule has 2 unspecified atom stereocenters. The first-order valence-electron chi connectivity index (χ1n) is 6.62. The fourth-order valence-corrected chi connectivity index (χ4v) is 2.66. The van der Waals surface area contributed by atoms with Crippen molar-refractivity contribution in [3.63, 3.8) is 0 Å². The van der Waals surface area contributed by atoms with E-state index in [9.17, 15) is 0 Å². The van der Waals surface area contributed by atoms with Gasteiger partial charge in [-0.1, -0.05) is 24.1 Å². The van der Waals surface area contributed by atoms with Gasteiger partial charge in [-0.15, -0.1) is 0 Å². The number of ether oxygens (including phenoxy) is 1. The van der Waals surface area contributed by atoms with Crippen LogP contribution in [0.1, 0.15) is 36.8 Å². The van der Waals surface area contributed by atoms with E-state index in [2.05, 4.69) is 37.4 Å². The van der Waals surface area contributed by atoms with Gasteiger partial charge in [0, 0.05) is 6.04 Å². The van der Waals surface area contributed by atoms with E-state index in [0.717, 1.165) is 5.75 Å². The third kappa shape index (κ3) is 3.01. The van der Waals surface area contributed by atoms with Gasteiger partial charge in [-0.3, -0.25) is 0 Å². The van der Waals surface area contributed by atoms with Crippen LogP contribution in [0, 0.1) is 13.8 Å². The second kappa shape index (κ2) is 5.54. The van der Waals surface area contributed by atoms with E-state index < -0.39 is 0 Å². The smallest absolute Gasteiger partial charge is 0.122 e. The Kier molecular flexibility index (Phi) is 4.06. The van der Waals surface area contributed by atoms with Crippen molar-refractivity contribution >= 4 is 0 Å². The van der Waals surface area contributed by atoms with Gasteiger partial charge in [0.05, 0.1) is 0 Å². The average Bonchev–Trinajstić information content (AvgIpc) is 2.33. The summed E-state index contributed by atoms with van der Waals surface area (Å²) in [4.78, 5) is 0. The maximum Gasteiger partial charge on any atom is 0.122 e. The minimum absolute atomic E-state index is 0.329. The van der Waals surface area contributed by atoms with Crippen molar-refractivity contribution in [1.82, 2.24) is 5.32 Å². The van der Waals surface area contributed by atoms with Crippen molar-refractivity contribution in [1.29, 1.82) is 0 Å². The Hall–Kier alpha value is -1.02. The van der Waals surface area contributed by atoms with Crippen LogP contribution in [0.5, 0.6) is 5.75 Å². The summed E-state index contributed by atoms with van der Waals surface area (Å²) < 4.78 is 6.18. The molecular formula is C15H23NO. The van der Waals surface area contributed by atoms with Crippen LogP contribution in [-0.4, -0.2) is 19.2 Å². The van der Waals surface area contributed by atoms with E-state index in [1.807, 2.05) is 7.05 Å². The lowest BCUT2D eigenvalue weighted by molar-refractivity contribution is 0.117. The van der Waals surface area contributed by atoms with Crippen molar-refractivity contribution in [2.24, 2.45) is 0 Å². The van der Waals surface area contributed by atoms with Crippen molar-refractivity contribution in [3.05, 3.63) is 29.3 Å². The van der Waals surface area contributed by atoms with Crippen LogP contribution in [0.25, 0.3) is 0 Å². The largest absolute Gasteiger partial charge is 0.489 e. The minimum atomic E-state index is 0.329. The Morgan fingerprint density at radius 3 is 2.65 bits per heavy atom. The van der Waals surface area contributed by atoms with Crippen LogP contribution < -0.4 is 10.1 Å². The van der Waals surface area contributed by atoms with Gasteiger partial charge in [0.15, 0.2) is 0 Å². The number of likely N-dealkylation sites (N-methyl/N-ethyl adjacent to an activating group) is 1. The fourth-order valence-electron chi connectivity index (χ4n) is 2.66. The van der Waals surface area contributed by atoms with E-state index in [4.69, 9.17) is 4.74 Å². The molecule has 2 heteroatoms. The molecule has 2 atom stereocenters. The molecule has 1 saturated carbocycles. The van der Waals surface area contributed by atoms with Crippen LogP contribution in [0.2, 0.25) is 0 Å². The van der Waals surface area contributed by atoms with Crippen LogP contribution in [0.15, 0.2) is 18.2 Å². The van der Waals surface area contributed by atoms with E-state index in [1.165, 1.54) is 36.8 Å². The van der Waals surface area contributed by atoms with Crippen molar-refractivity contribution in [2.75, 3.05) is 7.05 Å². The molecule has 0 aliphatic heterocycles. The van der Waals surface area contributed by atoms with Crippen molar-refractivity contribution < 1.29 is 4.74 Å². The summed E-state index contributed by atoms with van der Waals surface area (Å²) in [5.74, 6) is 1.04. The van der Waals surface area contributed by atoms with E-state index in [-0.39, 0.29) is 0 Å². The third-order valence-electron chi connectivity index (χ3n) is 3.68. The molecule has 2 rings (SSSR count). The number of hydrogen-bond donors (Lipinski definition) is 1. The number of rotatable bonds is 3. The molecule has 0 saturated heterocycles. The van der Waals surface area contributed by atoms with Crippen molar-refractivity contribution in [3.8, 4) is 5.75 Å². The number of benzene rings is 1. The van der Waals surface area contributed by atoms with Gasteiger partial charge in [-0.2, -0.15) is 0 Å². The Balaban J connectivity index is 2.08.